The van der Waals surface area contributed by atoms with E-state index in [9.17, 15) is 4.79 Å². The lowest BCUT2D eigenvalue weighted by Gasteiger charge is -2.13. The van der Waals surface area contributed by atoms with Crippen LogP contribution >= 0.6 is 0 Å². The van der Waals surface area contributed by atoms with Crippen LogP contribution in [0.4, 0.5) is 5.95 Å². The van der Waals surface area contributed by atoms with Gasteiger partial charge in [-0.05, 0) is 43.5 Å². The van der Waals surface area contributed by atoms with Gasteiger partial charge in [0, 0.05) is 0 Å². The Balaban J connectivity index is 2.08. The topological polar surface area (TPSA) is 101 Å². The maximum absolute atomic E-state index is 11.5. The number of hydrogen-bond donors (Lipinski definition) is 2. The van der Waals surface area contributed by atoms with E-state index in [1.54, 1.807) is 13.1 Å². The average molecular weight is 345 g/mol. The van der Waals surface area contributed by atoms with Gasteiger partial charge in [-0.15, -0.1) is 10.2 Å². The molecule has 2 rings (SSSR count). The predicted octanol–water partition coefficient (Wildman–Crippen LogP) is 2.35. The molecule has 0 saturated heterocycles. The van der Waals surface area contributed by atoms with Gasteiger partial charge in [0.2, 0.25) is 5.95 Å². The van der Waals surface area contributed by atoms with Crippen LogP contribution in [0.5, 0.6) is 11.5 Å². The summed E-state index contributed by atoms with van der Waals surface area (Å²) >= 11 is 0. The lowest BCUT2D eigenvalue weighted by atomic mass is 10.2. The Morgan fingerprint density at radius 2 is 2.08 bits per heavy atom. The molecule has 0 bridgehead atoms. The van der Waals surface area contributed by atoms with Gasteiger partial charge in [-0.1, -0.05) is 13.8 Å². The van der Waals surface area contributed by atoms with Crippen molar-refractivity contribution in [3.8, 4) is 11.5 Å². The summed E-state index contributed by atoms with van der Waals surface area (Å²) in [5.41, 5.74) is 3.44. The zero-order valence-corrected chi connectivity index (χ0v) is 14.9. The fourth-order valence-electron chi connectivity index (χ4n) is 1.86. The van der Waals surface area contributed by atoms with Crippen LogP contribution in [0.25, 0.3) is 0 Å². The fourth-order valence-corrected chi connectivity index (χ4v) is 1.86. The molecule has 134 valence electrons. The lowest BCUT2D eigenvalue weighted by molar-refractivity contribution is 0.248. The van der Waals surface area contributed by atoms with Gasteiger partial charge in [0.1, 0.15) is 5.69 Å². The number of H-pyrrole nitrogens is 1. The number of nitrogens with one attached hydrogen (secondary N) is 2. The Morgan fingerprint density at radius 3 is 2.76 bits per heavy atom. The van der Waals surface area contributed by atoms with E-state index in [-0.39, 0.29) is 11.5 Å². The van der Waals surface area contributed by atoms with E-state index in [0.29, 0.717) is 36.3 Å². The third kappa shape index (κ3) is 5.59. The molecule has 0 saturated carbocycles. The van der Waals surface area contributed by atoms with Crippen LogP contribution in [-0.2, 0) is 0 Å². The minimum atomic E-state index is -0.307. The van der Waals surface area contributed by atoms with E-state index in [0.717, 1.165) is 5.56 Å². The Bertz CT molecular complexity index is 786. The number of aryl methyl sites for hydroxylation is 1. The summed E-state index contributed by atoms with van der Waals surface area (Å²) in [6.07, 6.45) is 1.59. The van der Waals surface area contributed by atoms with Crippen molar-refractivity contribution < 1.29 is 9.47 Å². The third-order valence-corrected chi connectivity index (χ3v) is 3.08. The van der Waals surface area contributed by atoms with Gasteiger partial charge in [0.15, 0.2) is 11.5 Å². The molecule has 0 aliphatic rings. The highest BCUT2D eigenvalue weighted by Crippen LogP contribution is 2.28. The molecule has 0 amide bonds. The monoisotopic (exact) mass is 345 g/mol. The van der Waals surface area contributed by atoms with Gasteiger partial charge in [-0.25, -0.2) is 5.43 Å². The summed E-state index contributed by atoms with van der Waals surface area (Å²) in [6.45, 7) is 8.83. The van der Waals surface area contributed by atoms with Gasteiger partial charge in [0.25, 0.3) is 5.56 Å². The Hall–Kier alpha value is -2.90. The first kappa shape index (κ1) is 18.4. The molecule has 0 aliphatic carbocycles. The molecule has 8 nitrogen and oxygen atoms in total. The third-order valence-electron chi connectivity index (χ3n) is 3.08. The number of hydrazone groups is 1. The van der Waals surface area contributed by atoms with Crippen LogP contribution in [0.2, 0.25) is 0 Å². The molecule has 2 aromatic rings. The molecule has 1 aromatic carbocycles. The number of ether oxygens (including phenoxy) is 2. The highest BCUT2D eigenvalue weighted by molar-refractivity contribution is 5.81. The summed E-state index contributed by atoms with van der Waals surface area (Å²) < 4.78 is 11.4. The summed E-state index contributed by atoms with van der Waals surface area (Å²) in [5, 5.41) is 11.6. The maximum atomic E-state index is 11.5. The normalized spacial score (nSPS) is 11.1. The van der Waals surface area contributed by atoms with E-state index in [4.69, 9.17) is 9.47 Å². The van der Waals surface area contributed by atoms with Crippen molar-refractivity contribution in [2.45, 2.75) is 27.7 Å². The quantitative estimate of drug-likeness (QED) is 0.562. The fraction of sp³-hybridized carbons (Fsp3) is 0.412. The van der Waals surface area contributed by atoms with Crippen molar-refractivity contribution in [2.24, 2.45) is 11.0 Å². The van der Waals surface area contributed by atoms with Gasteiger partial charge < -0.3 is 9.47 Å². The zero-order valence-electron chi connectivity index (χ0n) is 14.9. The lowest BCUT2D eigenvalue weighted by Crippen LogP contribution is -2.15. The van der Waals surface area contributed by atoms with Crippen molar-refractivity contribution in [1.82, 2.24) is 15.2 Å². The Labute approximate surface area is 146 Å². The van der Waals surface area contributed by atoms with Crippen LogP contribution < -0.4 is 20.5 Å². The van der Waals surface area contributed by atoms with E-state index in [1.807, 2.05) is 25.1 Å². The standard InChI is InChI=1S/C17H23N5O3/c1-5-24-15-8-13(6-7-14(15)25-10-11(2)3)9-18-21-17-19-16(23)12(4)20-22-17/h6-9,11H,5,10H2,1-4H3,(H2,19,21,22,23)/b18-9-. The molecule has 0 fully saturated rings. The van der Waals surface area contributed by atoms with E-state index in [1.165, 1.54) is 0 Å². The molecule has 0 unspecified atom stereocenters. The van der Waals surface area contributed by atoms with E-state index >= 15 is 0 Å². The molecule has 1 heterocycles. The summed E-state index contributed by atoms with van der Waals surface area (Å²) in [4.78, 5) is 14.0. The van der Waals surface area contributed by atoms with Gasteiger partial charge in [0.05, 0.1) is 19.4 Å². The summed E-state index contributed by atoms with van der Waals surface area (Å²) in [5.74, 6) is 1.97. The smallest absolute Gasteiger partial charge is 0.274 e. The van der Waals surface area contributed by atoms with Gasteiger partial charge in [-0.3, -0.25) is 9.78 Å². The molecule has 25 heavy (non-hydrogen) atoms. The highest BCUT2D eigenvalue weighted by atomic mass is 16.5. The average Bonchev–Trinajstić information content (AvgIpc) is 2.57. The van der Waals surface area contributed by atoms with Crippen LogP contribution in [0.3, 0.4) is 0 Å². The molecule has 0 spiro atoms. The summed E-state index contributed by atoms with van der Waals surface area (Å²) in [7, 11) is 0. The second-order valence-corrected chi connectivity index (χ2v) is 5.80. The molecular formula is C17H23N5O3. The molecule has 0 aliphatic heterocycles. The van der Waals surface area contributed by atoms with Crippen LogP contribution in [0.15, 0.2) is 28.1 Å². The molecule has 0 atom stereocenters. The largest absolute Gasteiger partial charge is 0.490 e. The van der Waals surface area contributed by atoms with Gasteiger partial charge >= 0.3 is 0 Å². The van der Waals surface area contributed by atoms with E-state index in [2.05, 4.69) is 39.6 Å². The Kier molecular flexibility index (Phi) is 6.50. The first-order valence-corrected chi connectivity index (χ1v) is 8.12. The molecule has 2 N–H and O–H groups in total. The molecule has 0 radical (unpaired) electrons. The second kappa shape index (κ2) is 8.81. The number of hydrogen-bond acceptors (Lipinski definition) is 7. The van der Waals surface area contributed by atoms with Crippen molar-refractivity contribution >= 4 is 12.2 Å². The predicted molar refractivity (Wildman–Crippen MR) is 96.6 cm³/mol. The minimum absolute atomic E-state index is 0.175. The van der Waals surface area contributed by atoms with Crippen molar-refractivity contribution in [2.75, 3.05) is 18.6 Å². The first-order valence-electron chi connectivity index (χ1n) is 8.12. The number of benzene rings is 1. The zero-order chi connectivity index (χ0) is 18.2. The van der Waals surface area contributed by atoms with Crippen LogP contribution in [0, 0.1) is 12.8 Å². The number of nitrogens with zero attached hydrogens (tertiary/aromatic N) is 3. The van der Waals surface area contributed by atoms with Gasteiger partial charge in [-0.2, -0.15) is 5.10 Å². The molecule has 1 aromatic heterocycles. The van der Waals surface area contributed by atoms with Crippen LogP contribution in [0.1, 0.15) is 32.0 Å². The number of aromatic nitrogens is 3. The minimum Gasteiger partial charge on any atom is -0.490 e. The highest BCUT2D eigenvalue weighted by Gasteiger charge is 2.07. The van der Waals surface area contributed by atoms with Crippen LogP contribution in [-0.4, -0.2) is 34.6 Å². The molecular weight excluding hydrogens is 322 g/mol. The number of aromatic amines is 1. The Morgan fingerprint density at radius 1 is 1.28 bits per heavy atom. The SMILES string of the molecule is CCOc1cc(/C=N\Nc2nnc(C)c(=O)[nH]2)ccc1OCC(C)C. The maximum Gasteiger partial charge on any atom is 0.274 e. The van der Waals surface area contributed by atoms with Crippen molar-refractivity contribution in [3.63, 3.8) is 0 Å². The first-order chi connectivity index (χ1) is 12.0. The molecule has 8 heteroatoms. The number of anilines is 1. The summed E-state index contributed by atoms with van der Waals surface area (Å²) in [6, 6.07) is 5.56. The van der Waals surface area contributed by atoms with E-state index < -0.39 is 0 Å². The second-order valence-electron chi connectivity index (χ2n) is 5.80. The van der Waals surface area contributed by atoms with Crippen molar-refractivity contribution in [3.05, 3.63) is 39.8 Å². The van der Waals surface area contributed by atoms with Crippen molar-refractivity contribution in [1.29, 1.82) is 0 Å². The number of rotatable bonds is 8.